The third-order valence-electron chi connectivity index (χ3n) is 2.85. The molecule has 0 aliphatic rings. The highest BCUT2D eigenvalue weighted by atomic mass is 16.7. The molecule has 0 atom stereocenters. The Labute approximate surface area is 146 Å². The number of ether oxygens (including phenoxy) is 6. The average molecular weight is 356 g/mol. The van der Waals surface area contributed by atoms with Crippen LogP contribution in [0.4, 0.5) is 0 Å². The second kappa shape index (κ2) is 13.2. The molecule has 1 rings (SSSR count). The van der Waals surface area contributed by atoms with Gasteiger partial charge in [0.1, 0.15) is 0 Å². The third kappa shape index (κ3) is 9.68. The van der Waals surface area contributed by atoms with Crippen molar-refractivity contribution in [1.82, 2.24) is 0 Å². The van der Waals surface area contributed by atoms with Gasteiger partial charge in [-0.05, 0) is 23.8 Å². The lowest BCUT2D eigenvalue weighted by Crippen LogP contribution is -2.10. The topological polar surface area (TPSA) is 92.7 Å². The largest absolute Gasteiger partial charge is 0.478 e. The van der Waals surface area contributed by atoms with Gasteiger partial charge in [-0.15, -0.1) is 0 Å². The molecule has 1 aromatic rings. The number of hydrogen-bond donors (Lipinski definition) is 1. The van der Waals surface area contributed by atoms with E-state index in [2.05, 4.69) is 0 Å². The number of hydrogen-bond acceptors (Lipinski definition) is 7. The van der Waals surface area contributed by atoms with Crippen molar-refractivity contribution in [3.8, 4) is 11.5 Å². The van der Waals surface area contributed by atoms with E-state index in [0.717, 1.165) is 6.08 Å². The zero-order chi connectivity index (χ0) is 18.3. The number of carboxylic acids is 1. The quantitative estimate of drug-likeness (QED) is 0.306. The highest BCUT2D eigenvalue weighted by molar-refractivity contribution is 5.85. The molecule has 0 aromatic heterocycles. The Hall–Kier alpha value is -2.13. The second-order valence-corrected chi connectivity index (χ2v) is 4.70. The number of aliphatic carboxylic acids is 1. The Morgan fingerprint density at radius 1 is 0.960 bits per heavy atom. The van der Waals surface area contributed by atoms with Crippen LogP contribution in [0.5, 0.6) is 11.5 Å². The summed E-state index contributed by atoms with van der Waals surface area (Å²) in [6, 6.07) is 5.04. The predicted octanol–water partition coefficient (Wildman–Crippen LogP) is 1.78. The Morgan fingerprint density at radius 3 is 2.12 bits per heavy atom. The van der Waals surface area contributed by atoms with Gasteiger partial charge in [0.05, 0.1) is 26.4 Å². The molecule has 25 heavy (non-hydrogen) atoms. The van der Waals surface area contributed by atoms with E-state index in [4.69, 9.17) is 33.5 Å². The van der Waals surface area contributed by atoms with Gasteiger partial charge in [0.25, 0.3) is 0 Å². The number of carbonyl (C=O) groups is 1. The molecule has 0 aliphatic heterocycles. The van der Waals surface area contributed by atoms with Crippen LogP contribution in [0.3, 0.4) is 0 Å². The molecule has 0 spiro atoms. The van der Waals surface area contributed by atoms with Crippen molar-refractivity contribution in [2.75, 3.05) is 54.2 Å². The minimum atomic E-state index is -1.03. The summed E-state index contributed by atoms with van der Waals surface area (Å²) in [7, 11) is 3.17. The summed E-state index contributed by atoms with van der Waals surface area (Å²) in [6.07, 6.45) is 2.50. The van der Waals surface area contributed by atoms with E-state index in [0.29, 0.717) is 43.5 Å². The summed E-state index contributed by atoms with van der Waals surface area (Å²) in [4.78, 5) is 10.6. The molecule has 0 saturated heterocycles. The van der Waals surface area contributed by atoms with Gasteiger partial charge in [-0.3, -0.25) is 0 Å². The zero-order valence-electron chi connectivity index (χ0n) is 14.4. The first-order valence-corrected chi connectivity index (χ1v) is 7.61. The molecule has 140 valence electrons. The summed E-state index contributed by atoms with van der Waals surface area (Å²) < 4.78 is 31.3. The van der Waals surface area contributed by atoms with Crippen LogP contribution in [-0.2, 0) is 23.7 Å². The fourth-order valence-corrected chi connectivity index (χ4v) is 1.64. The molecule has 0 amide bonds. The standard InChI is InChI=1S/C17H24O8/c1-20-7-9-22-12-24-15-5-3-14(4-6-17(18)19)11-16(15)25-13-23-10-8-21-2/h3-6,11H,7-10,12-13H2,1-2H3,(H,18,19). The summed E-state index contributed by atoms with van der Waals surface area (Å²) in [5, 5.41) is 8.71. The number of rotatable bonds is 14. The van der Waals surface area contributed by atoms with Crippen molar-refractivity contribution in [2.45, 2.75) is 0 Å². The van der Waals surface area contributed by atoms with Crippen LogP contribution in [0, 0.1) is 0 Å². The number of methoxy groups -OCH3 is 2. The lowest BCUT2D eigenvalue weighted by Gasteiger charge is -2.14. The van der Waals surface area contributed by atoms with Crippen molar-refractivity contribution in [3.63, 3.8) is 0 Å². The maximum absolute atomic E-state index is 10.6. The van der Waals surface area contributed by atoms with Crippen molar-refractivity contribution < 1.29 is 38.3 Å². The fraction of sp³-hybridized carbons (Fsp3) is 0.471. The summed E-state index contributed by atoms with van der Waals surface area (Å²) in [5.74, 6) is -0.155. The minimum Gasteiger partial charge on any atom is -0.478 e. The van der Waals surface area contributed by atoms with E-state index < -0.39 is 5.97 Å². The van der Waals surface area contributed by atoms with E-state index >= 15 is 0 Å². The van der Waals surface area contributed by atoms with Crippen molar-refractivity contribution >= 4 is 12.0 Å². The maximum atomic E-state index is 10.6. The monoisotopic (exact) mass is 356 g/mol. The van der Waals surface area contributed by atoms with Crippen molar-refractivity contribution in [3.05, 3.63) is 29.8 Å². The molecule has 0 fully saturated rings. The Kier molecular flexibility index (Phi) is 11.0. The van der Waals surface area contributed by atoms with Gasteiger partial charge in [0, 0.05) is 20.3 Å². The average Bonchev–Trinajstić information content (AvgIpc) is 2.60. The molecule has 8 nitrogen and oxygen atoms in total. The number of benzene rings is 1. The van der Waals surface area contributed by atoms with Crippen LogP contribution in [0.15, 0.2) is 24.3 Å². The zero-order valence-corrected chi connectivity index (χ0v) is 14.4. The Bertz CT molecular complexity index is 529. The molecular weight excluding hydrogens is 332 g/mol. The molecule has 0 aliphatic carbocycles. The number of carboxylic acid groups (broad SMARTS) is 1. The van der Waals surface area contributed by atoms with E-state index in [1.54, 1.807) is 32.4 Å². The highest BCUT2D eigenvalue weighted by Crippen LogP contribution is 2.29. The lowest BCUT2D eigenvalue weighted by atomic mass is 10.2. The first-order chi connectivity index (χ1) is 12.2. The van der Waals surface area contributed by atoms with Crippen LogP contribution in [-0.4, -0.2) is 65.3 Å². The normalized spacial score (nSPS) is 11.0. The van der Waals surface area contributed by atoms with Crippen LogP contribution in [0.2, 0.25) is 0 Å². The molecule has 0 heterocycles. The van der Waals surface area contributed by atoms with Crippen LogP contribution in [0.1, 0.15) is 5.56 Å². The molecule has 1 N–H and O–H groups in total. The maximum Gasteiger partial charge on any atom is 0.328 e. The van der Waals surface area contributed by atoms with E-state index in [-0.39, 0.29) is 13.6 Å². The van der Waals surface area contributed by atoms with Crippen molar-refractivity contribution in [2.24, 2.45) is 0 Å². The first kappa shape index (κ1) is 20.9. The molecule has 0 unspecified atom stereocenters. The smallest absolute Gasteiger partial charge is 0.328 e. The van der Waals surface area contributed by atoms with Crippen LogP contribution in [0.25, 0.3) is 6.08 Å². The third-order valence-corrected chi connectivity index (χ3v) is 2.85. The molecule has 0 bridgehead atoms. The van der Waals surface area contributed by atoms with Gasteiger partial charge in [-0.25, -0.2) is 4.79 Å². The van der Waals surface area contributed by atoms with Crippen molar-refractivity contribution in [1.29, 1.82) is 0 Å². The van der Waals surface area contributed by atoms with Crippen LogP contribution >= 0.6 is 0 Å². The molecule has 1 aromatic carbocycles. The lowest BCUT2D eigenvalue weighted by molar-refractivity contribution is -0.131. The fourth-order valence-electron chi connectivity index (χ4n) is 1.64. The molecule has 0 radical (unpaired) electrons. The predicted molar refractivity (Wildman–Crippen MR) is 89.8 cm³/mol. The summed E-state index contributed by atoms with van der Waals surface area (Å²) in [6.45, 7) is 1.78. The first-order valence-electron chi connectivity index (χ1n) is 7.61. The Morgan fingerprint density at radius 2 is 1.56 bits per heavy atom. The van der Waals surface area contributed by atoms with Gasteiger partial charge in [0.15, 0.2) is 25.1 Å². The van der Waals surface area contributed by atoms with Gasteiger partial charge in [0.2, 0.25) is 0 Å². The molecule has 0 saturated carbocycles. The van der Waals surface area contributed by atoms with Gasteiger partial charge in [-0.2, -0.15) is 0 Å². The van der Waals surface area contributed by atoms with E-state index in [1.165, 1.54) is 6.08 Å². The molecular formula is C17H24O8. The van der Waals surface area contributed by atoms with Crippen LogP contribution < -0.4 is 9.47 Å². The highest BCUT2D eigenvalue weighted by Gasteiger charge is 2.07. The van der Waals surface area contributed by atoms with E-state index in [9.17, 15) is 4.79 Å². The van der Waals surface area contributed by atoms with Gasteiger partial charge in [-0.1, -0.05) is 6.07 Å². The second-order valence-electron chi connectivity index (χ2n) is 4.70. The van der Waals surface area contributed by atoms with E-state index in [1.807, 2.05) is 0 Å². The summed E-state index contributed by atoms with van der Waals surface area (Å²) >= 11 is 0. The van der Waals surface area contributed by atoms with Gasteiger partial charge >= 0.3 is 5.97 Å². The molecule has 8 heteroatoms. The Balaban J connectivity index is 2.66. The summed E-state index contributed by atoms with van der Waals surface area (Å²) in [5.41, 5.74) is 0.655. The van der Waals surface area contributed by atoms with Gasteiger partial charge < -0.3 is 33.5 Å². The minimum absolute atomic E-state index is 0.0103. The SMILES string of the molecule is COCCOCOc1ccc(C=CC(=O)O)cc1OCOCCOC.